The molecule has 0 aliphatic rings. The molecule has 6 heteroatoms. The molecule has 0 saturated carbocycles. The average Bonchev–Trinajstić information content (AvgIpc) is 2.87. The van der Waals surface area contributed by atoms with Gasteiger partial charge in [-0.15, -0.1) is 11.8 Å². The Hall–Kier alpha value is -2.57. The fraction of sp³-hybridized carbons (Fsp3) is 0.333. The van der Waals surface area contributed by atoms with Crippen molar-refractivity contribution < 1.29 is 9.59 Å². The number of aryl methyl sites for hydroxylation is 1. The lowest BCUT2D eigenvalue weighted by Crippen LogP contribution is -2.51. The fourth-order valence-corrected chi connectivity index (χ4v) is 5.00. The van der Waals surface area contributed by atoms with Crippen molar-refractivity contribution in [3.63, 3.8) is 0 Å². The first-order valence-electron chi connectivity index (χ1n) is 12.3. The third-order valence-electron chi connectivity index (χ3n) is 5.97. The van der Waals surface area contributed by atoms with Crippen LogP contribution in [0.3, 0.4) is 0 Å². The topological polar surface area (TPSA) is 49.4 Å². The van der Waals surface area contributed by atoms with Gasteiger partial charge < -0.3 is 10.2 Å². The molecule has 0 aromatic heterocycles. The predicted molar refractivity (Wildman–Crippen MR) is 154 cm³/mol. The van der Waals surface area contributed by atoms with Crippen LogP contribution in [-0.2, 0) is 28.3 Å². The summed E-state index contributed by atoms with van der Waals surface area (Å²) in [5.74, 6) is 1.24. The van der Waals surface area contributed by atoms with Gasteiger partial charge in [0.1, 0.15) is 6.04 Å². The molecule has 0 aliphatic carbocycles. The number of rotatable bonds is 12. The second kappa shape index (κ2) is 14.2. The van der Waals surface area contributed by atoms with Crippen LogP contribution in [-0.4, -0.2) is 35.1 Å². The van der Waals surface area contributed by atoms with Gasteiger partial charge in [0.25, 0.3) is 0 Å². The van der Waals surface area contributed by atoms with E-state index in [1.807, 2.05) is 73.7 Å². The van der Waals surface area contributed by atoms with Crippen LogP contribution in [0.5, 0.6) is 0 Å². The summed E-state index contributed by atoms with van der Waals surface area (Å²) >= 11 is 5.04. The van der Waals surface area contributed by atoms with E-state index in [0.29, 0.717) is 31.2 Å². The summed E-state index contributed by atoms with van der Waals surface area (Å²) in [7, 11) is 0. The number of hydrogen-bond donors (Lipinski definition) is 1. The third kappa shape index (κ3) is 8.82. The summed E-state index contributed by atoms with van der Waals surface area (Å²) in [4.78, 5) is 29.0. The number of benzene rings is 3. The molecule has 0 unspecified atom stereocenters. The Kier molecular flexibility index (Phi) is 11.1. The van der Waals surface area contributed by atoms with Crippen LogP contribution in [0.15, 0.2) is 83.3 Å². The second-order valence-corrected chi connectivity index (χ2v) is 11.3. The predicted octanol–water partition coefficient (Wildman–Crippen LogP) is 6.40. The van der Waals surface area contributed by atoms with E-state index in [0.717, 1.165) is 32.5 Å². The number of nitrogens with one attached hydrogen (secondary N) is 1. The summed E-state index contributed by atoms with van der Waals surface area (Å²) < 4.78 is 1.04. The monoisotopic (exact) mass is 566 g/mol. The Morgan fingerprint density at radius 3 is 2.25 bits per heavy atom. The Morgan fingerprint density at radius 2 is 1.58 bits per heavy atom. The van der Waals surface area contributed by atoms with Gasteiger partial charge >= 0.3 is 0 Å². The van der Waals surface area contributed by atoms with Gasteiger partial charge in [-0.1, -0.05) is 96.5 Å². The van der Waals surface area contributed by atoms with Crippen molar-refractivity contribution in [3.05, 3.63) is 106 Å². The highest BCUT2D eigenvalue weighted by atomic mass is 79.9. The molecular formula is C30H35BrN2O2S. The van der Waals surface area contributed by atoms with Crippen LogP contribution >= 0.6 is 27.7 Å². The van der Waals surface area contributed by atoms with Gasteiger partial charge in [-0.25, -0.2) is 0 Å². The molecule has 4 nitrogen and oxygen atoms in total. The quantitative estimate of drug-likeness (QED) is 0.276. The number of hydrogen-bond acceptors (Lipinski definition) is 3. The molecule has 0 spiro atoms. The first-order chi connectivity index (χ1) is 17.3. The number of carbonyl (C=O) groups is 2. The molecule has 190 valence electrons. The first-order valence-corrected chi connectivity index (χ1v) is 14.3. The van der Waals surface area contributed by atoms with Gasteiger partial charge in [-0.05, 0) is 47.2 Å². The molecule has 36 heavy (non-hydrogen) atoms. The molecule has 0 aliphatic heterocycles. The van der Waals surface area contributed by atoms with Gasteiger partial charge in [-0.3, -0.25) is 9.59 Å². The van der Waals surface area contributed by atoms with E-state index in [4.69, 9.17) is 0 Å². The van der Waals surface area contributed by atoms with E-state index in [1.165, 1.54) is 0 Å². The lowest BCUT2D eigenvalue weighted by Gasteiger charge is -2.32. The van der Waals surface area contributed by atoms with Crippen molar-refractivity contribution in [2.45, 2.75) is 45.5 Å². The zero-order chi connectivity index (χ0) is 25.9. The van der Waals surface area contributed by atoms with Gasteiger partial charge in [0, 0.05) is 29.7 Å². The van der Waals surface area contributed by atoms with E-state index in [2.05, 4.69) is 47.2 Å². The molecule has 3 rings (SSSR count). The fourth-order valence-electron chi connectivity index (χ4n) is 3.87. The average molecular weight is 568 g/mol. The van der Waals surface area contributed by atoms with Crippen LogP contribution in [0.25, 0.3) is 0 Å². The lowest BCUT2D eigenvalue weighted by molar-refractivity contribution is -0.139. The van der Waals surface area contributed by atoms with Crippen molar-refractivity contribution in [3.8, 4) is 0 Å². The first kappa shape index (κ1) is 28.0. The highest BCUT2D eigenvalue weighted by molar-refractivity contribution is 9.10. The van der Waals surface area contributed by atoms with Gasteiger partial charge in [0.15, 0.2) is 0 Å². The molecule has 1 N–H and O–H groups in total. The highest BCUT2D eigenvalue weighted by Crippen LogP contribution is 2.20. The minimum atomic E-state index is -0.591. The van der Waals surface area contributed by atoms with Crippen LogP contribution < -0.4 is 5.32 Å². The molecule has 2 amide bonds. The van der Waals surface area contributed by atoms with Crippen molar-refractivity contribution >= 4 is 39.5 Å². The van der Waals surface area contributed by atoms with Gasteiger partial charge in [0.2, 0.25) is 11.8 Å². The Balaban J connectivity index is 1.84. The van der Waals surface area contributed by atoms with E-state index in [-0.39, 0.29) is 11.8 Å². The smallest absolute Gasteiger partial charge is 0.243 e. The second-order valence-electron chi connectivity index (χ2n) is 9.41. The summed E-state index contributed by atoms with van der Waals surface area (Å²) in [5, 5.41) is 3.08. The summed E-state index contributed by atoms with van der Waals surface area (Å²) in [6.07, 6.45) is 0.472. The van der Waals surface area contributed by atoms with Crippen molar-refractivity contribution in [2.24, 2.45) is 5.92 Å². The molecule has 0 bridgehead atoms. The highest BCUT2D eigenvalue weighted by Gasteiger charge is 2.30. The van der Waals surface area contributed by atoms with Crippen molar-refractivity contribution in [1.29, 1.82) is 0 Å². The number of thioether (sulfide) groups is 1. The lowest BCUT2D eigenvalue weighted by atomic mass is 10.0. The molecule has 0 saturated heterocycles. The summed E-state index contributed by atoms with van der Waals surface area (Å²) in [5.41, 5.74) is 4.36. The Bertz CT molecular complexity index is 1120. The third-order valence-corrected chi connectivity index (χ3v) is 7.48. The van der Waals surface area contributed by atoms with Crippen LogP contribution in [0.2, 0.25) is 0 Å². The normalized spacial score (nSPS) is 11.8. The van der Waals surface area contributed by atoms with Crippen LogP contribution in [0.4, 0.5) is 0 Å². The van der Waals surface area contributed by atoms with E-state index in [9.17, 15) is 9.59 Å². The molecule has 0 radical (unpaired) electrons. The van der Waals surface area contributed by atoms with Gasteiger partial charge in [-0.2, -0.15) is 0 Å². The van der Waals surface area contributed by atoms with Crippen molar-refractivity contribution in [1.82, 2.24) is 10.2 Å². The minimum Gasteiger partial charge on any atom is -0.354 e. The molecule has 0 fully saturated rings. The maximum atomic E-state index is 13.7. The van der Waals surface area contributed by atoms with Gasteiger partial charge in [0.05, 0.1) is 5.75 Å². The summed E-state index contributed by atoms with van der Waals surface area (Å²) in [6, 6.07) is 25.6. The number of amides is 2. The molecule has 0 heterocycles. The molecule has 1 atom stereocenters. The van der Waals surface area contributed by atoms with Crippen molar-refractivity contribution in [2.75, 3.05) is 12.3 Å². The largest absolute Gasteiger partial charge is 0.354 e. The standard InChI is InChI=1S/C30H35BrN2O2S/c1-22(2)18-32-30(35)28(17-24-10-5-4-6-11-24)33(19-26-12-8-7-9-23(26)3)29(34)21-36-20-25-13-15-27(31)16-14-25/h4-16,22,28H,17-21H2,1-3H3,(H,32,35)/t28-/m0/s1. The Morgan fingerprint density at radius 1 is 0.917 bits per heavy atom. The van der Waals surface area contributed by atoms with E-state index < -0.39 is 6.04 Å². The van der Waals surface area contributed by atoms with Crippen LogP contribution in [0.1, 0.15) is 36.1 Å². The number of nitrogens with zero attached hydrogens (tertiary/aromatic N) is 1. The zero-order valence-electron chi connectivity index (χ0n) is 21.2. The van der Waals surface area contributed by atoms with Crippen LogP contribution in [0, 0.1) is 12.8 Å². The number of halogens is 1. The molecule has 3 aromatic carbocycles. The maximum Gasteiger partial charge on any atom is 0.243 e. The molecular weight excluding hydrogens is 532 g/mol. The number of carbonyl (C=O) groups excluding carboxylic acids is 2. The zero-order valence-corrected chi connectivity index (χ0v) is 23.6. The molecule has 3 aromatic rings. The van der Waals surface area contributed by atoms with E-state index >= 15 is 0 Å². The maximum absolute atomic E-state index is 13.7. The SMILES string of the molecule is Cc1ccccc1CN(C(=O)CSCc1ccc(Br)cc1)[C@@H](Cc1ccccc1)C(=O)NCC(C)C. The van der Waals surface area contributed by atoms with E-state index in [1.54, 1.807) is 16.7 Å². The minimum absolute atomic E-state index is 0.0269. The summed E-state index contributed by atoms with van der Waals surface area (Å²) in [6.45, 7) is 7.17. The Labute approximate surface area is 228 Å².